The Balaban J connectivity index is 1.78. The summed E-state index contributed by atoms with van der Waals surface area (Å²) in [6.07, 6.45) is 3.63. The molecule has 3 heterocycles. The van der Waals surface area contributed by atoms with Gasteiger partial charge in [-0.2, -0.15) is 5.10 Å². The highest BCUT2D eigenvalue weighted by Crippen LogP contribution is 2.33. The molecule has 0 saturated heterocycles. The van der Waals surface area contributed by atoms with Crippen LogP contribution in [0.15, 0.2) is 48.7 Å². The highest BCUT2D eigenvalue weighted by Gasteiger charge is 2.20. The largest absolute Gasteiger partial charge is 0.383 e. The van der Waals surface area contributed by atoms with Gasteiger partial charge in [0.05, 0.1) is 11.0 Å². The van der Waals surface area contributed by atoms with E-state index in [4.69, 9.17) is 10.7 Å². The van der Waals surface area contributed by atoms with Crippen molar-refractivity contribution in [2.75, 3.05) is 17.6 Å². The van der Waals surface area contributed by atoms with Crippen molar-refractivity contribution in [1.82, 2.24) is 24.7 Å². The van der Waals surface area contributed by atoms with Crippen LogP contribution in [0.2, 0.25) is 0 Å². The van der Waals surface area contributed by atoms with E-state index in [-0.39, 0.29) is 0 Å². The van der Waals surface area contributed by atoms with Crippen LogP contribution in [0.1, 0.15) is 19.0 Å². The first-order valence-corrected chi connectivity index (χ1v) is 9.21. The molecule has 138 valence electrons. The molecule has 4 aromatic rings. The number of imidazole rings is 1. The zero-order valence-corrected chi connectivity index (χ0v) is 15.3. The van der Waals surface area contributed by atoms with Crippen LogP contribution < -0.4 is 11.1 Å². The van der Waals surface area contributed by atoms with Crippen LogP contribution in [0.5, 0.6) is 0 Å². The zero-order valence-electron chi connectivity index (χ0n) is 15.3. The molecule has 7 nitrogen and oxygen atoms in total. The van der Waals surface area contributed by atoms with Crippen LogP contribution in [0.3, 0.4) is 0 Å². The molecule has 4 rings (SSSR count). The predicted octanol–water partition coefficient (Wildman–Crippen LogP) is 3.47. The minimum absolute atomic E-state index is 0.517. The van der Waals surface area contributed by atoms with Gasteiger partial charge in [0.1, 0.15) is 17.2 Å². The summed E-state index contributed by atoms with van der Waals surface area (Å²) < 4.78 is 2.20. The molecule has 0 unspecified atom stereocenters. The molecule has 0 aliphatic carbocycles. The number of nitrogen functional groups attached to an aromatic ring is 1. The molecule has 0 atom stereocenters. The van der Waals surface area contributed by atoms with Crippen LogP contribution in [0.25, 0.3) is 22.4 Å². The van der Waals surface area contributed by atoms with E-state index in [0.29, 0.717) is 5.82 Å². The first-order valence-electron chi connectivity index (χ1n) is 9.21. The third-order valence-electron chi connectivity index (χ3n) is 4.53. The number of para-hydroxylation sites is 2. The number of rotatable bonds is 7. The highest BCUT2D eigenvalue weighted by atomic mass is 15.2. The number of pyridine rings is 1. The fraction of sp³-hybridized carbons (Fsp3) is 0.250. The number of aryl methyl sites for hydroxylation is 2. The molecule has 0 fully saturated rings. The fourth-order valence-electron chi connectivity index (χ4n) is 3.22. The maximum atomic E-state index is 6.22. The third kappa shape index (κ3) is 3.36. The van der Waals surface area contributed by atoms with E-state index < -0.39 is 0 Å². The first kappa shape index (κ1) is 17.1. The van der Waals surface area contributed by atoms with E-state index in [2.05, 4.69) is 38.1 Å². The lowest BCUT2D eigenvalue weighted by Gasteiger charge is -2.10. The Kier molecular flexibility index (Phi) is 4.74. The Morgan fingerprint density at radius 1 is 1.15 bits per heavy atom. The van der Waals surface area contributed by atoms with Gasteiger partial charge in [-0.25, -0.2) is 4.98 Å². The van der Waals surface area contributed by atoms with Crippen LogP contribution in [0.4, 0.5) is 11.6 Å². The quantitative estimate of drug-likeness (QED) is 0.468. The summed E-state index contributed by atoms with van der Waals surface area (Å²) in [7, 11) is 0. The van der Waals surface area contributed by atoms with Gasteiger partial charge in [-0.15, -0.1) is 0 Å². The Hall–Kier alpha value is -3.35. The number of fused-ring (bicyclic) bond motifs is 1. The van der Waals surface area contributed by atoms with Gasteiger partial charge in [0.2, 0.25) is 0 Å². The number of aromatic amines is 1. The molecule has 7 heteroatoms. The Morgan fingerprint density at radius 2 is 2.00 bits per heavy atom. The lowest BCUT2D eigenvalue weighted by atomic mass is 10.2. The molecule has 0 aliphatic heterocycles. The van der Waals surface area contributed by atoms with Crippen molar-refractivity contribution in [2.45, 2.75) is 26.3 Å². The lowest BCUT2D eigenvalue weighted by molar-refractivity contribution is 0.711. The second-order valence-electron chi connectivity index (χ2n) is 6.43. The topological polar surface area (TPSA) is 97.4 Å². The molecular formula is C20H23N7. The van der Waals surface area contributed by atoms with Gasteiger partial charge in [-0.05, 0) is 30.7 Å². The first-order chi connectivity index (χ1) is 13.3. The Labute approximate surface area is 157 Å². The summed E-state index contributed by atoms with van der Waals surface area (Å²) in [6.45, 7) is 3.70. The minimum atomic E-state index is 0.517. The number of nitrogens with two attached hydrogens (primary N) is 1. The van der Waals surface area contributed by atoms with Crippen LogP contribution in [-0.2, 0) is 13.0 Å². The standard InChI is InChI=1S/C20H23N7/c1-2-11-23-19-17(18(21)25-26-19)20-24-15-8-3-4-9-16(15)27(20)13-10-14-7-5-6-12-22-14/h3-9,12H,2,10-11,13H2,1H3,(H4,21,23,25,26). The molecule has 0 saturated carbocycles. The summed E-state index contributed by atoms with van der Waals surface area (Å²) >= 11 is 0. The summed E-state index contributed by atoms with van der Waals surface area (Å²) in [5.74, 6) is 2.07. The second-order valence-corrected chi connectivity index (χ2v) is 6.43. The van der Waals surface area contributed by atoms with Crippen molar-refractivity contribution in [3.63, 3.8) is 0 Å². The van der Waals surface area contributed by atoms with Gasteiger partial charge >= 0.3 is 0 Å². The Bertz CT molecular complexity index is 1030. The molecule has 27 heavy (non-hydrogen) atoms. The summed E-state index contributed by atoms with van der Waals surface area (Å²) in [6, 6.07) is 14.1. The predicted molar refractivity (Wildman–Crippen MR) is 108 cm³/mol. The maximum absolute atomic E-state index is 6.22. The fourth-order valence-corrected chi connectivity index (χ4v) is 3.22. The van der Waals surface area contributed by atoms with E-state index in [1.54, 1.807) is 0 Å². The molecule has 0 spiro atoms. The molecule has 0 amide bonds. The molecule has 0 radical (unpaired) electrons. The monoisotopic (exact) mass is 361 g/mol. The van der Waals surface area contributed by atoms with Crippen molar-refractivity contribution in [3.8, 4) is 11.4 Å². The molecular weight excluding hydrogens is 338 g/mol. The number of nitrogens with one attached hydrogen (secondary N) is 2. The summed E-state index contributed by atoms with van der Waals surface area (Å²) in [4.78, 5) is 9.30. The van der Waals surface area contributed by atoms with Gasteiger partial charge in [-0.1, -0.05) is 25.1 Å². The van der Waals surface area contributed by atoms with Crippen LogP contribution in [-0.4, -0.2) is 31.3 Å². The SMILES string of the molecule is CCCNc1n[nH]c(N)c1-c1nc2ccccc2n1CCc1ccccn1. The normalized spacial score (nSPS) is 11.1. The van der Waals surface area contributed by atoms with E-state index in [1.807, 2.05) is 42.6 Å². The summed E-state index contributed by atoms with van der Waals surface area (Å²) in [5, 5.41) is 10.6. The van der Waals surface area contributed by atoms with Crippen LogP contribution in [0, 0.1) is 0 Å². The van der Waals surface area contributed by atoms with Gasteiger partial charge in [0.15, 0.2) is 5.82 Å². The van der Waals surface area contributed by atoms with Crippen molar-refractivity contribution in [1.29, 1.82) is 0 Å². The van der Waals surface area contributed by atoms with E-state index in [9.17, 15) is 0 Å². The number of H-pyrrole nitrogens is 1. The minimum Gasteiger partial charge on any atom is -0.383 e. The summed E-state index contributed by atoms with van der Waals surface area (Å²) in [5.41, 5.74) is 10.1. The lowest BCUT2D eigenvalue weighted by Crippen LogP contribution is -2.07. The number of nitrogens with zero attached hydrogens (tertiary/aromatic N) is 4. The van der Waals surface area contributed by atoms with Gasteiger partial charge in [0.25, 0.3) is 0 Å². The van der Waals surface area contributed by atoms with E-state index >= 15 is 0 Å². The average molecular weight is 361 g/mol. The number of anilines is 2. The molecule has 4 N–H and O–H groups in total. The second kappa shape index (κ2) is 7.49. The molecule has 0 bridgehead atoms. The van der Waals surface area contributed by atoms with Crippen molar-refractivity contribution < 1.29 is 0 Å². The van der Waals surface area contributed by atoms with Gasteiger partial charge in [0, 0.05) is 31.4 Å². The van der Waals surface area contributed by atoms with Crippen molar-refractivity contribution in [3.05, 3.63) is 54.4 Å². The smallest absolute Gasteiger partial charge is 0.161 e. The highest BCUT2D eigenvalue weighted by molar-refractivity contribution is 5.87. The van der Waals surface area contributed by atoms with Gasteiger partial charge < -0.3 is 15.6 Å². The Morgan fingerprint density at radius 3 is 2.81 bits per heavy atom. The molecule has 3 aromatic heterocycles. The molecule has 1 aromatic carbocycles. The number of benzene rings is 1. The van der Waals surface area contributed by atoms with E-state index in [0.717, 1.165) is 59.9 Å². The van der Waals surface area contributed by atoms with Crippen molar-refractivity contribution >= 4 is 22.7 Å². The van der Waals surface area contributed by atoms with Crippen LogP contribution >= 0.6 is 0 Å². The molecule has 0 aliphatic rings. The number of hydrogen-bond acceptors (Lipinski definition) is 5. The van der Waals surface area contributed by atoms with Crippen molar-refractivity contribution in [2.24, 2.45) is 0 Å². The third-order valence-corrected chi connectivity index (χ3v) is 4.53. The zero-order chi connectivity index (χ0) is 18.6. The number of hydrogen-bond donors (Lipinski definition) is 3. The van der Waals surface area contributed by atoms with E-state index in [1.165, 1.54) is 0 Å². The number of aromatic nitrogens is 5. The van der Waals surface area contributed by atoms with Gasteiger partial charge in [-0.3, -0.25) is 10.1 Å². The maximum Gasteiger partial charge on any atom is 0.161 e. The average Bonchev–Trinajstić information content (AvgIpc) is 3.25.